The van der Waals surface area contributed by atoms with E-state index < -0.39 is 0 Å². The van der Waals surface area contributed by atoms with Gasteiger partial charge in [-0.25, -0.2) is 4.98 Å². The zero-order chi connectivity index (χ0) is 33.9. The molecule has 2 aliphatic carbocycles. The van der Waals surface area contributed by atoms with Crippen LogP contribution >= 0.6 is 11.3 Å². The van der Waals surface area contributed by atoms with Crippen LogP contribution in [-0.4, -0.2) is 15.6 Å². The van der Waals surface area contributed by atoms with Crippen molar-refractivity contribution in [2.75, 3.05) is 4.90 Å². The average molecular weight is 688 g/mol. The Morgan fingerprint density at radius 2 is 1.58 bits per heavy atom. The Morgan fingerprint density at radius 1 is 0.731 bits per heavy atom. The molecular formula is C47H33N3OS. The number of fused-ring (bicyclic) bond motifs is 12. The Hall–Kier alpha value is -5.91. The number of para-hydroxylation sites is 2. The molecule has 2 unspecified atom stereocenters. The average Bonchev–Trinajstić information content (AvgIpc) is 3.90. The van der Waals surface area contributed by atoms with E-state index in [9.17, 15) is 0 Å². The van der Waals surface area contributed by atoms with Crippen molar-refractivity contribution in [3.05, 3.63) is 168 Å². The van der Waals surface area contributed by atoms with Crippen LogP contribution in [0.5, 0.6) is 0 Å². The van der Waals surface area contributed by atoms with Crippen molar-refractivity contribution >= 4 is 76.5 Å². The van der Waals surface area contributed by atoms with Crippen LogP contribution in [0, 0.1) is 0 Å². The molecule has 3 aliphatic rings. The first-order valence-electron chi connectivity index (χ1n) is 18.4. The van der Waals surface area contributed by atoms with Crippen molar-refractivity contribution < 1.29 is 4.42 Å². The fraction of sp³-hybridized carbons (Fsp3) is 0.128. The van der Waals surface area contributed by atoms with E-state index in [1.54, 1.807) is 0 Å². The summed E-state index contributed by atoms with van der Waals surface area (Å²) in [4.78, 5) is 9.45. The lowest BCUT2D eigenvalue weighted by molar-refractivity contribution is 0.446. The number of nitrogens with zero attached hydrogens (tertiary/aromatic N) is 3. The molecule has 2 bridgehead atoms. The number of anilines is 2. The van der Waals surface area contributed by atoms with Crippen molar-refractivity contribution in [1.82, 2.24) is 9.55 Å². The summed E-state index contributed by atoms with van der Waals surface area (Å²) in [6.07, 6.45) is 9.91. The van der Waals surface area contributed by atoms with Crippen molar-refractivity contribution in [1.29, 1.82) is 0 Å². The highest BCUT2D eigenvalue weighted by atomic mass is 32.1. The quantitative estimate of drug-likeness (QED) is 0.181. The van der Waals surface area contributed by atoms with Crippen molar-refractivity contribution in [2.24, 2.45) is 0 Å². The second-order valence-corrected chi connectivity index (χ2v) is 15.6. The normalized spacial score (nSPS) is 19.5. The lowest BCUT2D eigenvalue weighted by atomic mass is 9.70. The minimum atomic E-state index is 0.0692. The fourth-order valence-electron chi connectivity index (χ4n) is 9.73. The summed E-state index contributed by atoms with van der Waals surface area (Å²) in [6, 6.07) is 47.1. The third-order valence-corrected chi connectivity index (χ3v) is 13.1. The molecule has 1 aliphatic heterocycles. The van der Waals surface area contributed by atoms with Crippen molar-refractivity contribution in [3.63, 3.8) is 0 Å². The van der Waals surface area contributed by atoms with Gasteiger partial charge in [0.05, 0.1) is 28.0 Å². The van der Waals surface area contributed by atoms with Gasteiger partial charge in [0.25, 0.3) is 0 Å². The first-order valence-corrected chi connectivity index (χ1v) is 19.2. The smallest absolute Gasteiger partial charge is 0.203 e. The Bertz CT molecular complexity index is 2980. The molecule has 12 rings (SSSR count). The molecule has 6 aromatic carbocycles. The summed E-state index contributed by atoms with van der Waals surface area (Å²) in [5.41, 5.74) is 10.7. The molecular weight excluding hydrogens is 655 g/mol. The van der Waals surface area contributed by atoms with E-state index in [0.29, 0.717) is 0 Å². The van der Waals surface area contributed by atoms with Gasteiger partial charge in [0.1, 0.15) is 5.52 Å². The first-order chi connectivity index (χ1) is 25.8. The molecule has 0 saturated carbocycles. The van der Waals surface area contributed by atoms with Gasteiger partial charge in [0, 0.05) is 43.7 Å². The number of oxazole rings is 1. The van der Waals surface area contributed by atoms with E-state index in [0.717, 1.165) is 41.6 Å². The predicted octanol–water partition coefficient (Wildman–Crippen LogP) is 12.5. The van der Waals surface area contributed by atoms with Gasteiger partial charge in [0.15, 0.2) is 5.58 Å². The molecule has 0 N–H and O–H groups in total. The molecule has 0 fully saturated rings. The van der Waals surface area contributed by atoms with Gasteiger partial charge in [-0.3, -0.25) is 0 Å². The van der Waals surface area contributed by atoms with Crippen LogP contribution in [0.25, 0.3) is 59.5 Å². The number of hydrogen-bond donors (Lipinski definition) is 0. The summed E-state index contributed by atoms with van der Waals surface area (Å²) >= 11 is 1.98. The van der Waals surface area contributed by atoms with E-state index in [-0.39, 0.29) is 17.9 Å². The second-order valence-electron chi connectivity index (χ2n) is 14.5. The number of allylic oxidation sites excluding steroid dienone is 3. The van der Waals surface area contributed by atoms with Gasteiger partial charge in [-0.05, 0) is 89.7 Å². The monoisotopic (exact) mass is 687 g/mol. The summed E-state index contributed by atoms with van der Waals surface area (Å²) < 4.78 is 10.8. The summed E-state index contributed by atoms with van der Waals surface area (Å²) in [5.74, 6) is 1.05. The van der Waals surface area contributed by atoms with Gasteiger partial charge in [-0.15, -0.1) is 11.3 Å². The van der Waals surface area contributed by atoms with E-state index in [4.69, 9.17) is 9.40 Å². The first kappa shape index (κ1) is 28.8. The van der Waals surface area contributed by atoms with Crippen LogP contribution in [0.2, 0.25) is 0 Å². The molecule has 5 heteroatoms. The third-order valence-electron chi connectivity index (χ3n) is 11.9. The molecule has 52 heavy (non-hydrogen) atoms. The minimum Gasteiger partial charge on any atom is -0.439 e. The fourth-order valence-corrected chi connectivity index (χ4v) is 11.0. The zero-order valence-electron chi connectivity index (χ0n) is 28.4. The Labute approximate surface area is 304 Å². The largest absolute Gasteiger partial charge is 0.439 e. The topological polar surface area (TPSA) is 34.2 Å². The Morgan fingerprint density at radius 3 is 2.52 bits per heavy atom. The highest BCUT2D eigenvalue weighted by Gasteiger charge is 2.43. The molecule has 4 heterocycles. The maximum Gasteiger partial charge on any atom is 0.203 e. The number of thiophene rings is 1. The van der Waals surface area contributed by atoms with E-state index in [1.807, 2.05) is 11.3 Å². The molecule has 0 radical (unpaired) electrons. The number of aryl methyl sites for hydroxylation is 1. The van der Waals surface area contributed by atoms with E-state index >= 15 is 0 Å². The van der Waals surface area contributed by atoms with Crippen LogP contribution in [-0.2, 0) is 6.42 Å². The number of hydrogen-bond acceptors (Lipinski definition) is 4. The van der Waals surface area contributed by atoms with Gasteiger partial charge < -0.3 is 13.9 Å². The lowest BCUT2D eigenvalue weighted by Crippen LogP contribution is -2.41. The number of aromatic nitrogens is 2. The second kappa shape index (κ2) is 10.8. The van der Waals surface area contributed by atoms with Crippen LogP contribution in [0.3, 0.4) is 0 Å². The maximum atomic E-state index is 6.96. The van der Waals surface area contributed by atoms with Gasteiger partial charge >= 0.3 is 0 Å². The zero-order valence-corrected chi connectivity index (χ0v) is 29.2. The highest BCUT2D eigenvalue weighted by molar-refractivity contribution is 7.19. The van der Waals surface area contributed by atoms with Crippen molar-refractivity contribution in [2.45, 2.75) is 37.1 Å². The van der Waals surface area contributed by atoms with Crippen LogP contribution in [0.1, 0.15) is 41.0 Å². The molecule has 0 amide bonds. The van der Waals surface area contributed by atoms with Gasteiger partial charge in [-0.2, -0.15) is 0 Å². The molecule has 3 atom stereocenters. The standard InChI is InChI=1S/C47H33N3OS/c1-2-12-29(13-3-1)49-37-18-8-6-14-31(37)32-23-22-30(27-40(32)49)50-38-19-10-11-28-21-24-36-46(43(28)38)51-47(48-36)34-16-5-4-15-33(34)44-39(50)25-26-42-45(44)35-17-7-9-20-41(35)52-42/h1-15,17-24,27,34,39,44H,16,25-26H2/t34?,39?,44-/m1/s1. The third kappa shape index (κ3) is 3.94. The Kier molecular flexibility index (Phi) is 5.97. The summed E-state index contributed by atoms with van der Waals surface area (Å²) in [7, 11) is 0. The highest BCUT2D eigenvalue weighted by Crippen LogP contribution is 2.55. The summed E-state index contributed by atoms with van der Waals surface area (Å²) in [6.45, 7) is 0. The molecule has 248 valence electrons. The molecule has 4 nitrogen and oxygen atoms in total. The molecule has 0 spiro atoms. The van der Waals surface area contributed by atoms with Gasteiger partial charge in [-0.1, -0.05) is 97.1 Å². The SMILES string of the molecule is C1=CCC2C(=C1)[C@H]1c3c(sc4ccccc34)CCC1N(c1ccc3c4ccccc4n(-c4ccccc4)c3c1)c1cccc3ccc4nc2oc4c13. The maximum absolute atomic E-state index is 6.96. The Balaban J connectivity index is 1.21. The van der Waals surface area contributed by atoms with Crippen molar-refractivity contribution in [3.8, 4) is 5.69 Å². The van der Waals surface area contributed by atoms with Crippen LogP contribution in [0.15, 0.2) is 156 Å². The minimum absolute atomic E-state index is 0.0692. The summed E-state index contributed by atoms with van der Waals surface area (Å²) in [5, 5.41) is 6.22. The number of benzene rings is 6. The van der Waals surface area contributed by atoms with Crippen LogP contribution < -0.4 is 4.90 Å². The lowest BCUT2D eigenvalue weighted by Gasteiger charge is -2.44. The van der Waals surface area contributed by atoms with E-state index in [1.165, 1.54) is 70.4 Å². The molecule has 3 aromatic heterocycles. The van der Waals surface area contributed by atoms with Crippen LogP contribution in [0.4, 0.5) is 11.4 Å². The number of rotatable bonds is 2. The predicted molar refractivity (Wildman–Crippen MR) is 216 cm³/mol. The molecule has 0 saturated heterocycles. The molecule has 9 aromatic rings. The van der Waals surface area contributed by atoms with Gasteiger partial charge in [0.2, 0.25) is 5.89 Å². The van der Waals surface area contributed by atoms with E-state index in [2.05, 4.69) is 155 Å².